The van der Waals surface area contributed by atoms with Crippen LogP contribution in [0.3, 0.4) is 0 Å². The molecule has 4 rings (SSSR count). The summed E-state index contributed by atoms with van der Waals surface area (Å²) in [5.41, 5.74) is 5.61. The Morgan fingerprint density at radius 3 is 2.68 bits per heavy atom. The van der Waals surface area contributed by atoms with E-state index in [4.69, 9.17) is 19.2 Å². The van der Waals surface area contributed by atoms with Gasteiger partial charge >= 0.3 is 0 Å². The van der Waals surface area contributed by atoms with E-state index in [1.807, 2.05) is 42.0 Å². The van der Waals surface area contributed by atoms with E-state index in [0.717, 1.165) is 60.3 Å². The molecule has 4 heterocycles. The van der Waals surface area contributed by atoms with E-state index in [2.05, 4.69) is 15.0 Å². The number of rotatable bonds is 6. The maximum Gasteiger partial charge on any atom is 0.178 e. The summed E-state index contributed by atoms with van der Waals surface area (Å²) in [6.45, 7) is 5.64. The monoisotopic (exact) mass is 383 g/mol. The third kappa shape index (κ3) is 3.46. The summed E-state index contributed by atoms with van der Waals surface area (Å²) in [5, 5.41) is 4.56. The molecule has 1 unspecified atom stereocenters. The molecule has 0 N–H and O–H groups in total. The Morgan fingerprint density at radius 2 is 2.00 bits per heavy atom. The van der Waals surface area contributed by atoms with Gasteiger partial charge in [0, 0.05) is 39.1 Å². The molecule has 0 aromatic carbocycles. The first-order valence-electron chi connectivity index (χ1n) is 9.38. The smallest absolute Gasteiger partial charge is 0.178 e. The zero-order valence-corrected chi connectivity index (χ0v) is 16.5. The Kier molecular flexibility index (Phi) is 5.52. The molecule has 28 heavy (non-hydrogen) atoms. The molecule has 0 aliphatic carbocycles. The molecule has 0 bridgehead atoms. The van der Waals surface area contributed by atoms with Crippen LogP contribution in [-0.4, -0.2) is 66.7 Å². The van der Waals surface area contributed by atoms with Crippen molar-refractivity contribution in [2.75, 3.05) is 52.0 Å². The van der Waals surface area contributed by atoms with Gasteiger partial charge < -0.3 is 19.1 Å². The van der Waals surface area contributed by atoms with Gasteiger partial charge in [-0.1, -0.05) is 0 Å². The number of nitrogens with zero attached hydrogens (tertiary/aromatic N) is 5. The predicted molar refractivity (Wildman–Crippen MR) is 106 cm³/mol. The number of hydrogen-bond acceptors (Lipinski definition) is 7. The molecule has 0 amide bonds. The Morgan fingerprint density at radius 1 is 1.18 bits per heavy atom. The minimum Gasteiger partial charge on any atom is -0.382 e. The molecule has 8 heteroatoms. The maximum atomic E-state index is 5.48. The first-order valence-corrected chi connectivity index (χ1v) is 9.38. The average molecular weight is 383 g/mol. The van der Waals surface area contributed by atoms with E-state index >= 15 is 0 Å². The lowest BCUT2D eigenvalue weighted by Crippen LogP contribution is -2.36. The van der Waals surface area contributed by atoms with Crippen LogP contribution in [0.2, 0.25) is 0 Å². The van der Waals surface area contributed by atoms with Crippen LogP contribution in [0, 0.1) is 6.92 Å². The number of ether oxygens (including phenoxy) is 3. The highest BCUT2D eigenvalue weighted by Gasteiger charge is 2.20. The van der Waals surface area contributed by atoms with Gasteiger partial charge in [0.05, 0.1) is 48.8 Å². The summed E-state index contributed by atoms with van der Waals surface area (Å²) in [7, 11) is 3.31. The number of aromatic nitrogens is 4. The average Bonchev–Trinajstić information content (AvgIpc) is 3.08. The van der Waals surface area contributed by atoms with Gasteiger partial charge in [0.25, 0.3) is 0 Å². The third-order valence-electron chi connectivity index (χ3n) is 5.02. The molecule has 3 aromatic rings. The van der Waals surface area contributed by atoms with Crippen LogP contribution >= 0.6 is 0 Å². The molecule has 1 saturated heterocycles. The molecule has 1 atom stereocenters. The topological polar surface area (TPSA) is 74.0 Å². The van der Waals surface area contributed by atoms with Gasteiger partial charge in [-0.05, 0) is 25.1 Å². The van der Waals surface area contributed by atoms with Crippen molar-refractivity contribution in [1.29, 1.82) is 0 Å². The molecular weight excluding hydrogens is 358 g/mol. The number of fused-ring (bicyclic) bond motifs is 1. The molecule has 1 fully saturated rings. The van der Waals surface area contributed by atoms with Crippen LogP contribution < -0.4 is 4.90 Å². The zero-order valence-electron chi connectivity index (χ0n) is 16.5. The Bertz CT molecular complexity index is 935. The SMILES string of the molecule is COCC(OC)c1ccc(-c2c(C)nc3c(N4CCOCC4)ccnn23)cn1. The van der Waals surface area contributed by atoms with Gasteiger partial charge in [0.1, 0.15) is 6.10 Å². The molecule has 1 aliphatic rings. The first-order chi connectivity index (χ1) is 13.7. The van der Waals surface area contributed by atoms with Gasteiger partial charge in [-0.2, -0.15) is 5.10 Å². The van der Waals surface area contributed by atoms with Crippen LogP contribution in [0.4, 0.5) is 5.69 Å². The lowest BCUT2D eigenvalue weighted by Gasteiger charge is -2.28. The summed E-state index contributed by atoms with van der Waals surface area (Å²) >= 11 is 0. The number of hydrogen-bond donors (Lipinski definition) is 0. The lowest BCUT2D eigenvalue weighted by molar-refractivity contribution is 0.0249. The van der Waals surface area contributed by atoms with Gasteiger partial charge in [-0.15, -0.1) is 0 Å². The third-order valence-corrected chi connectivity index (χ3v) is 5.02. The number of methoxy groups -OCH3 is 2. The molecular formula is C20H25N5O3. The second-order valence-corrected chi connectivity index (χ2v) is 6.75. The molecule has 3 aromatic heterocycles. The minimum atomic E-state index is -0.187. The van der Waals surface area contributed by atoms with E-state index in [1.165, 1.54) is 0 Å². The Hall–Kier alpha value is -2.55. The predicted octanol–water partition coefficient (Wildman–Crippen LogP) is 2.27. The fraction of sp³-hybridized carbons (Fsp3) is 0.450. The van der Waals surface area contributed by atoms with Crippen molar-refractivity contribution in [3.63, 3.8) is 0 Å². The van der Waals surface area contributed by atoms with E-state index < -0.39 is 0 Å². The number of pyridine rings is 1. The highest BCUT2D eigenvalue weighted by Crippen LogP contribution is 2.29. The molecule has 1 aliphatic heterocycles. The van der Waals surface area contributed by atoms with Gasteiger partial charge in [-0.3, -0.25) is 4.98 Å². The van der Waals surface area contributed by atoms with Gasteiger partial charge in [-0.25, -0.2) is 9.50 Å². The van der Waals surface area contributed by atoms with E-state index in [-0.39, 0.29) is 6.10 Å². The van der Waals surface area contributed by atoms with Crippen molar-refractivity contribution < 1.29 is 14.2 Å². The summed E-state index contributed by atoms with van der Waals surface area (Å²) in [4.78, 5) is 11.7. The van der Waals surface area contributed by atoms with Crippen molar-refractivity contribution in [3.8, 4) is 11.3 Å². The fourth-order valence-electron chi connectivity index (χ4n) is 3.59. The minimum absolute atomic E-state index is 0.187. The van der Waals surface area contributed by atoms with Crippen molar-refractivity contribution >= 4 is 11.3 Å². The second kappa shape index (κ2) is 8.22. The Labute approximate surface area is 164 Å². The molecule has 148 valence electrons. The van der Waals surface area contributed by atoms with Crippen LogP contribution in [-0.2, 0) is 14.2 Å². The molecule has 8 nitrogen and oxygen atoms in total. The maximum absolute atomic E-state index is 5.48. The van der Waals surface area contributed by atoms with Gasteiger partial charge in [0.15, 0.2) is 5.65 Å². The van der Waals surface area contributed by atoms with Crippen LogP contribution in [0.1, 0.15) is 17.5 Å². The van der Waals surface area contributed by atoms with Crippen molar-refractivity contribution in [2.24, 2.45) is 0 Å². The summed E-state index contributed by atoms with van der Waals surface area (Å²) in [6.07, 6.45) is 3.48. The Balaban J connectivity index is 1.72. The zero-order chi connectivity index (χ0) is 19.5. The number of morpholine rings is 1. The summed E-state index contributed by atoms with van der Waals surface area (Å²) in [6, 6.07) is 6.02. The van der Waals surface area contributed by atoms with Crippen LogP contribution in [0.15, 0.2) is 30.6 Å². The highest BCUT2D eigenvalue weighted by atomic mass is 16.5. The van der Waals surface area contributed by atoms with Crippen molar-refractivity contribution in [1.82, 2.24) is 19.6 Å². The first kappa shape index (κ1) is 18.8. The fourth-order valence-corrected chi connectivity index (χ4v) is 3.59. The lowest BCUT2D eigenvalue weighted by atomic mass is 10.1. The van der Waals surface area contributed by atoms with E-state index in [1.54, 1.807) is 14.2 Å². The molecule has 0 spiro atoms. The summed E-state index contributed by atoms with van der Waals surface area (Å²) in [5.74, 6) is 0. The van der Waals surface area contributed by atoms with E-state index in [9.17, 15) is 0 Å². The largest absolute Gasteiger partial charge is 0.382 e. The number of imidazole rings is 1. The standard InChI is InChI=1S/C20H25N5O3/c1-14-19(15-4-5-16(21-12-15)18(27-3)13-26-2)25-20(23-14)17(6-7-22-25)24-8-10-28-11-9-24/h4-7,12,18H,8-11,13H2,1-3H3. The quantitative estimate of drug-likeness (QED) is 0.646. The number of aryl methyl sites for hydroxylation is 1. The normalized spacial score (nSPS) is 15.9. The van der Waals surface area contributed by atoms with Crippen LogP contribution in [0.5, 0.6) is 0 Å². The number of anilines is 1. The van der Waals surface area contributed by atoms with E-state index in [0.29, 0.717) is 6.61 Å². The highest BCUT2D eigenvalue weighted by molar-refractivity contribution is 5.75. The second-order valence-electron chi connectivity index (χ2n) is 6.75. The van der Waals surface area contributed by atoms with Gasteiger partial charge in [0.2, 0.25) is 0 Å². The van der Waals surface area contributed by atoms with Crippen molar-refractivity contribution in [2.45, 2.75) is 13.0 Å². The van der Waals surface area contributed by atoms with Crippen LogP contribution in [0.25, 0.3) is 16.9 Å². The molecule has 0 saturated carbocycles. The van der Waals surface area contributed by atoms with Crippen molar-refractivity contribution in [3.05, 3.63) is 42.0 Å². The molecule has 0 radical (unpaired) electrons. The summed E-state index contributed by atoms with van der Waals surface area (Å²) < 4.78 is 18.0.